The van der Waals surface area contributed by atoms with Crippen molar-refractivity contribution >= 4 is 17.6 Å². The number of carboxylic acids is 1. The molecule has 0 aliphatic rings. The Morgan fingerprint density at radius 3 is 1.85 bits per heavy atom. The molecule has 0 unspecified atom stereocenters. The molecule has 178 valence electrons. The van der Waals surface area contributed by atoms with E-state index in [0.717, 1.165) is 16.8 Å². The van der Waals surface area contributed by atoms with E-state index in [1.165, 1.54) is 0 Å². The van der Waals surface area contributed by atoms with Crippen molar-refractivity contribution in [2.75, 3.05) is 27.2 Å². The lowest BCUT2D eigenvalue weighted by Crippen LogP contribution is -2.67. The second-order valence-corrected chi connectivity index (χ2v) is 8.67. The van der Waals surface area contributed by atoms with Crippen molar-refractivity contribution in [2.24, 2.45) is 0 Å². The van der Waals surface area contributed by atoms with Crippen molar-refractivity contribution < 1.29 is 14.7 Å². The number of benzene rings is 3. The minimum Gasteiger partial charge on any atom is -0.477 e. The van der Waals surface area contributed by atoms with Gasteiger partial charge in [0.15, 0.2) is 12.2 Å². The molecule has 0 bridgehead atoms. The number of carbonyl (C=O) groups excluding carboxylic acids is 1. The Bertz CT molecular complexity index is 1060. The first kappa shape index (κ1) is 25.1. The van der Waals surface area contributed by atoms with E-state index in [1.54, 1.807) is 4.90 Å². The van der Waals surface area contributed by atoms with E-state index in [4.69, 9.17) is 0 Å². The standard InChI is InChI=1S/C28H33N3O3/c1-4-30(31(3,22-27(32)33)25-18-12-7-13-19-25)26(20-23-14-8-5-9-15-23)28(34)29(2)21-24-16-10-6-11-17-24/h5-19,26H,4,20-22H2,1-3H3/p+1/t26-,31-/m0/s1. The lowest BCUT2D eigenvalue weighted by Gasteiger charge is -2.45. The summed E-state index contributed by atoms with van der Waals surface area (Å²) >= 11 is 0. The van der Waals surface area contributed by atoms with Crippen molar-refractivity contribution in [1.29, 1.82) is 0 Å². The summed E-state index contributed by atoms with van der Waals surface area (Å²) in [5, 5.41) is 11.8. The molecule has 6 nitrogen and oxygen atoms in total. The highest BCUT2D eigenvalue weighted by atomic mass is 16.4. The second-order valence-electron chi connectivity index (χ2n) is 8.67. The Labute approximate surface area is 202 Å². The van der Waals surface area contributed by atoms with Gasteiger partial charge in [0.25, 0.3) is 0 Å². The minimum atomic E-state index is -0.923. The fourth-order valence-electron chi connectivity index (χ4n) is 4.53. The molecular weight excluding hydrogens is 426 g/mol. The number of hydrogen-bond donors (Lipinski definition) is 1. The lowest BCUT2D eigenvalue weighted by atomic mass is 10.0. The molecule has 34 heavy (non-hydrogen) atoms. The third kappa shape index (κ3) is 6.10. The van der Waals surface area contributed by atoms with E-state index in [0.29, 0.717) is 19.5 Å². The minimum absolute atomic E-state index is 0.00487. The van der Waals surface area contributed by atoms with Gasteiger partial charge < -0.3 is 10.0 Å². The molecule has 0 spiro atoms. The van der Waals surface area contributed by atoms with Gasteiger partial charge in [-0.25, -0.2) is 9.39 Å². The number of amides is 1. The third-order valence-electron chi connectivity index (χ3n) is 6.20. The summed E-state index contributed by atoms with van der Waals surface area (Å²) in [5.41, 5.74) is 2.90. The van der Waals surface area contributed by atoms with Gasteiger partial charge in [0, 0.05) is 38.7 Å². The first-order chi connectivity index (χ1) is 16.3. The highest BCUT2D eigenvalue weighted by molar-refractivity contribution is 5.82. The van der Waals surface area contributed by atoms with E-state index in [-0.39, 0.29) is 17.0 Å². The van der Waals surface area contributed by atoms with Crippen LogP contribution in [0.4, 0.5) is 5.69 Å². The Hall–Kier alpha value is -3.48. The molecular formula is C28H34N3O3+. The maximum Gasteiger partial charge on any atom is 0.361 e. The van der Waals surface area contributed by atoms with Crippen molar-refractivity contribution in [1.82, 2.24) is 14.5 Å². The molecule has 2 atom stereocenters. The number of nitrogens with zero attached hydrogens (tertiary/aromatic N) is 3. The summed E-state index contributed by atoms with van der Waals surface area (Å²) in [6.07, 6.45) is 0.479. The fraction of sp³-hybridized carbons (Fsp3) is 0.286. The van der Waals surface area contributed by atoms with E-state index in [1.807, 2.05) is 117 Å². The van der Waals surface area contributed by atoms with Crippen molar-refractivity contribution in [2.45, 2.75) is 25.9 Å². The van der Waals surface area contributed by atoms with Gasteiger partial charge in [-0.1, -0.05) is 78.9 Å². The molecule has 0 fully saturated rings. The number of carbonyl (C=O) groups is 2. The molecule has 0 aliphatic carbocycles. The van der Waals surface area contributed by atoms with Crippen LogP contribution in [-0.2, 0) is 22.6 Å². The maximum absolute atomic E-state index is 13.9. The average Bonchev–Trinajstić information content (AvgIpc) is 2.84. The van der Waals surface area contributed by atoms with Crippen molar-refractivity contribution in [3.8, 4) is 0 Å². The van der Waals surface area contributed by atoms with Gasteiger partial charge in [0.1, 0.15) is 6.04 Å². The second kappa shape index (κ2) is 11.6. The average molecular weight is 461 g/mol. The quantitative estimate of drug-likeness (QED) is 0.344. The van der Waals surface area contributed by atoms with Crippen LogP contribution in [0.3, 0.4) is 0 Å². The van der Waals surface area contributed by atoms with Crippen LogP contribution in [0.1, 0.15) is 18.1 Å². The summed E-state index contributed by atoms with van der Waals surface area (Å²) < 4.78 is -0.00487. The van der Waals surface area contributed by atoms with Crippen LogP contribution in [0.2, 0.25) is 0 Å². The van der Waals surface area contributed by atoms with E-state index >= 15 is 0 Å². The van der Waals surface area contributed by atoms with E-state index < -0.39 is 12.0 Å². The molecule has 3 aromatic carbocycles. The van der Waals surface area contributed by atoms with Crippen LogP contribution in [0.15, 0.2) is 91.0 Å². The number of likely N-dealkylation sites (N-methyl/N-ethyl adjacent to an activating group) is 3. The number of quaternary nitrogens is 1. The number of rotatable bonds is 11. The van der Waals surface area contributed by atoms with Gasteiger partial charge in [0.05, 0.1) is 7.05 Å². The zero-order chi connectivity index (χ0) is 24.6. The molecule has 1 N–H and O–H groups in total. The van der Waals surface area contributed by atoms with Crippen LogP contribution in [-0.4, -0.2) is 60.1 Å². The number of hydrogen-bond acceptors (Lipinski definition) is 3. The SMILES string of the molecule is CCN([C@@H](Cc1ccccc1)C(=O)N(C)Cc1ccccc1)[N@@+](C)(CC(=O)O)c1ccccc1. The molecule has 3 aromatic rings. The molecule has 0 radical (unpaired) electrons. The van der Waals surface area contributed by atoms with Gasteiger partial charge in [-0.05, 0) is 18.1 Å². The lowest BCUT2D eigenvalue weighted by molar-refractivity contribution is -0.151. The topological polar surface area (TPSA) is 60.9 Å². The summed E-state index contributed by atoms with van der Waals surface area (Å²) in [6, 6.07) is 28.8. The third-order valence-corrected chi connectivity index (χ3v) is 6.20. The molecule has 6 heteroatoms. The molecule has 0 aromatic heterocycles. The summed E-state index contributed by atoms with van der Waals surface area (Å²) in [5.74, 6) is -0.964. The van der Waals surface area contributed by atoms with Crippen molar-refractivity contribution in [3.63, 3.8) is 0 Å². The Balaban J connectivity index is 2.02. The van der Waals surface area contributed by atoms with Crippen LogP contribution < -0.4 is 4.59 Å². The number of aliphatic carboxylic acids is 1. The Morgan fingerprint density at radius 2 is 1.35 bits per heavy atom. The number of carboxylic acid groups (broad SMARTS) is 1. The maximum atomic E-state index is 13.9. The van der Waals surface area contributed by atoms with Gasteiger partial charge in [-0.2, -0.15) is 0 Å². The van der Waals surface area contributed by atoms with Crippen LogP contribution in [0.5, 0.6) is 0 Å². The molecule has 1 amide bonds. The smallest absolute Gasteiger partial charge is 0.361 e. The molecule has 3 rings (SSSR count). The van der Waals surface area contributed by atoms with Crippen LogP contribution in [0, 0.1) is 0 Å². The largest absolute Gasteiger partial charge is 0.477 e. The molecule has 0 saturated heterocycles. The highest BCUT2D eigenvalue weighted by Gasteiger charge is 2.43. The summed E-state index contributed by atoms with van der Waals surface area (Å²) in [4.78, 5) is 27.7. The number of para-hydroxylation sites is 1. The highest BCUT2D eigenvalue weighted by Crippen LogP contribution is 2.27. The summed E-state index contributed by atoms with van der Waals surface area (Å²) in [7, 11) is 3.68. The first-order valence-electron chi connectivity index (χ1n) is 11.6. The van der Waals surface area contributed by atoms with Crippen molar-refractivity contribution in [3.05, 3.63) is 102 Å². The predicted octanol–water partition coefficient (Wildman–Crippen LogP) is 4.22. The van der Waals surface area contributed by atoms with E-state index in [2.05, 4.69) is 0 Å². The molecule has 0 saturated carbocycles. The molecule has 0 heterocycles. The van der Waals surface area contributed by atoms with E-state index in [9.17, 15) is 14.7 Å². The van der Waals surface area contributed by atoms with Crippen LogP contribution in [0.25, 0.3) is 0 Å². The summed E-state index contributed by atoms with van der Waals surface area (Å²) in [6.45, 7) is 2.79. The van der Waals surface area contributed by atoms with Gasteiger partial charge in [-0.15, -0.1) is 5.01 Å². The zero-order valence-corrected chi connectivity index (χ0v) is 20.2. The van der Waals surface area contributed by atoms with Crippen LogP contribution >= 0.6 is 0 Å². The van der Waals surface area contributed by atoms with Gasteiger partial charge in [0.2, 0.25) is 5.91 Å². The Morgan fingerprint density at radius 1 is 0.853 bits per heavy atom. The Kier molecular flexibility index (Phi) is 8.57. The normalized spacial score (nSPS) is 13.8. The molecule has 0 aliphatic heterocycles. The monoisotopic (exact) mass is 460 g/mol. The fourth-order valence-corrected chi connectivity index (χ4v) is 4.53. The zero-order valence-electron chi connectivity index (χ0n) is 20.2. The predicted molar refractivity (Wildman–Crippen MR) is 136 cm³/mol. The van der Waals surface area contributed by atoms with Gasteiger partial charge >= 0.3 is 5.97 Å². The first-order valence-corrected chi connectivity index (χ1v) is 11.6. The van der Waals surface area contributed by atoms with Gasteiger partial charge in [-0.3, -0.25) is 4.79 Å².